The molecule has 0 saturated heterocycles. The Morgan fingerprint density at radius 2 is 2.24 bits per heavy atom. The second kappa shape index (κ2) is 7.77. The maximum atomic E-state index is 11.8. The van der Waals surface area contributed by atoms with Crippen LogP contribution in [-0.4, -0.2) is 21.9 Å². The van der Waals surface area contributed by atoms with Gasteiger partial charge in [-0.15, -0.1) is 22.0 Å². The summed E-state index contributed by atoms with van der Waals surface area (Å²) in [4.78, 5) is 11.8. The predicted octanol–water partition coefficient (Wildman–Crippen LogP) is 4.19. The van der Waals surface area contributed by atoms with Crippen molar-refractivity contribution in [1.29, 1.82) is 0 Å². The lowest BCUT2D eigenvalue weighted by atomic mass is 10.2. The molecule has 0 fully saturated rings. The van der Waals surface area contributed by atoms with Crippen LogP contribution in [0.5, 0.6) is 0 Å². The standard InChI is InChI=1S/C14H16ClN3OS2/c1-9(2)13-17-18-14(21-13)16-12(19)8-20-7-10-4-3-5-11(15)6-10/h3-6,9H,7-8H2,1-2H3,(H,16,18,19). The number of aromatic nitrogens is 2. The van der Waals surface area contributed by atoms with Gasteiger partial charge in [0.05, 0.1) is 5.75 Å². The molecule has 0 aliphatic carbocycles. The number of halogens is 1. The number of nitrogens with one attached hydrogen (secondary N) is 1. The summed E-state index contributed by atoms with van der Waals surface area (Å²) >= 11 is 8.88. The molecular weight excluding hydrogens is 326 g/mol. The summed E-state index contributed by atoms with van der Waals surface area (Å²) in [5, 5.41) is 13.0. The van der Waals surface area contributed by atoms with Gasteiger partial charge in [-0.05, 0) is 17.7 Å². The molecule has 0 bridgehead atoms. The summed E-state index contributed by atoms with van der Waals surface area (Å²) < 4.78 is 0. The van der Waals surface area contributed by atoms with Gasteiger partial charge in [0.15, 0.2) is 0 Å². The Bertz CT molecular complexity index is 616. The van der Waals surface area contributed by atoms with E-state index in [2.05, 4.69) is 15.5 Å². The van der Waals surface area contributed by atoms with E-state index in [0.717, 1.165) is 16.3 Å². The molecule has 1 amide bonds. The Kier molecular flexibility index (Phi) is 6.02. The van der Waals surface area contributed by atoms with Crippen molar-refractivity contribution < 1.29 is 4.79 Å². The number of rotatable bonds is 6. The van der Waals surface area contributed by atoms with Gasteiger partial charge in [0, 0.05) is 16.7 Å². The SMILES string of the molecule is CC(C)c1nnc(NC(=O)CSCc2cccc(Cl)c2)s1. The second-order valence-electron chi connectivity index (χ2n) is 4.77. The van der Waals surface area contributed by atoms with Crippen LogP contribution in [-0.2, 0) is 10.5 Å². The average Bonchev–Trinajstić information content (AvgIpc) is 2.87. The molecular formula is C14H16ClN3OS2. The minimum Gasteiger partial charge on any atom is -0.300 e. The quantitative estimate of drug-likeness (QED) is 0.856. The van der Waals surface area contributed by atoms with Crippen LogP contribution < -0.4 is 5.32 Å². The van der Waals surface area contributed by atoms with Gasteiger partial charge in [-0.1, -0.05) is 48.9 Å². The van der Waals surface area contributed by atoms with Crippen LogP contribution in [0.1, 0.15) is 30.3 Å². The molecule has 0 aliphatic rings. The lowest BCUT2D eigenvalue weighted by molar-refractivity contribution is -0.113. The monoisotopic (exact) mass is 341 g/mol. The number of thioether (sulfide) groups is 1. The summed E-state index contributed by atoms with van der Waals surface area (Å²) in [6, 6.07) is 7.65. The van der Waals surface area contributed by atoms with Gasteiger partial charge < -0.3 is 0 Å². The van der Waals surface area contributed by atoms with E-state index in [-0.39, 0.29) is 5.91 Å². The van der Waals surface area contributed by atoms with Crippen LogP contribution in [0.4, 0.5) is 5.13 Å². The Morgan fingerprint density at radius 3 is 2.90 bits per heavy atom. The summed E-state index contributed by atoms with van der Waals surface area (Å²) in [6.07, 6.45) is 0. The molecule has 2 rings (SSSR count). The van der Waals surface area contributed by atoms with Crippen LogP contribution in [0.2, 0.25) is 5.02 Å². The summed E-state index contributed by atoms with van der Waals surface area (Å²) in [5.74, 6) is 1.39. The molecule has 0 spiro atoms. The highest BCUT2D eigenvalue weighted by molar-refractivity contribution is 7.99. The van der Waals surface area contributed by atoms with E-state index >= 15 is 0 Å². The van der Waals surface area contributed by atoms with Crippen molar-refractivity contribution in [2.24, 2.45) is 0 Å². The summed E-state index contributed by atoms with van der Waals surface area (Å²) in [5.41, 5.74) is 1.11. The van der Waals surface area contributed by atoms with Crippen LogP contribution in [0, 0.1) is 0 Å². The highest BCUT2D eigenvalue weighted by Crippen LogP contribution is 2.22. The molecule has 7 heteroatoms. The van der Waals surface area contributed by atoms with E-state index in [1.54, 1.807) is 11.8 Å². The van der Waals surface area contributed by atoms with Crippen molar-refractivity contribution in [3.63, 3.8) is 0 Å². The van der Waals surface area contributed by atoms with E-state index < -0.39 is 0 Å². The lowest BCUT2D eigenvalue weighted by Crippen LogP contribution is -2.13. The minimum absolute atomic E-state index is 0.0616. The topological polar surface area (TPSA) is 54.9 Å². The average molecular weight is 342 g/mol. The lowest BCUT2D eigenvalue weighted by Gasteiger charge is -2.02. The van der Waals surface area contributed by atoms with Crippen molar-refractivity contribution in [3.05, 3.63) is 39.9 Å². The Morgan fingerprint density at radius 1 is 1.43 bits per heavy atom. The van der Waals surface area contributed by atoms with Crippen LogP contribution in [0.25, 0.3) is 0 Å². The molecule has 1 heterocycles. The fourth-order valence-electron chi connectivity index (χ4n) is 1.56. The number of benzene rings is 1. The Labute approximate surface area is 137 Å². The van der Waals surface area contributed by atoms with Gasteiger partial charge in [0.25, 0.3) is 0 Å². The van der Waals surface area contributed by atoms with Crippen molar-refractivity contribution in [3.8, 4) is 0 Å². The third-order valence-corrected chi connectivity index (χ3v) is 4.95. The van der Waals surface area contributed by atoms with Crippen molar-refractivity contribution in [2.75, 3.05) is 11.1 Å². The molecule has 112 valence electrons. The number of hydrogen-bond acceptors (Lipinski definition) is 5. The predicted molar refractivity (Wildman–Crippen MR) is 90.2 cm³/mol. The van der Waals surface area contributed by atoms with Gasteiger partial charge in [-0.2, -0.15) is 0 Å². The Balaban J connectivity index is 1.77. The Hall–Kier alpha value is -1.11. The first-order valence-electron chi connectivity index (χ1n) is 6.50. The molecule has 0 radical (unpaired) electrons. The third-order valence-electron chi connectivity index (χ3n) is 2.57. The minimum atomic E-state index is -0.0616. The van der Waals surface area contributed by atoms with Gasteiger partial charge >= 0.3 is 0 Å². The molecule has 21 heavy (non-hydrogen) atoms. The van der Waals surface area contributed by atoms with Gasteiger partial charge in [0.1, 0.15) is 5.01 Å². The fourth-order valence-corrected chi connectivity index (χ4v) is 3.31. The zero-order valence-electron chi connectivity index (χ0n) is 11.8. The summed E-state index contributed by atoms with van der Waals surface area (Å²) in [7, 11) is 0. The van der Waals surface area contributed by atoms with Crippen molar-refractivity contribution >= 4 is 45.7 Å². The maximum absolute atomic E-state index is 11.8. The largest absolute Gasteiger partial charge is 0.300 e. The number of nitrogens with zero attached hydrogens (tertiary/aromatic N) is 2. The molecule has 1 aromatic carbocycles. The van der Waals surface area contributed by atoms with Crippen molar-refractivity contribution in [2.45, 2.75) is 25.5 Å². The first kappa shape index (κ1) is 16.3. The van der Waals surface area contributed by atoms with Crippen LogP contribution >= 0.6 is 34.7 Å². The highest BCUT2D eigenvalue weighted by atomic mass is 35.5. The molecule has 1 N–H and O–H groups in total. The molecule has 0 aliphatic heterocycles. The van der Waals surface area contributed by atoms with E-state index in [1.165, 1.54) is 11.3 Å². The smallest absolute Gasteiger partial charge is 0.236 e. The van der Waals surface area contributed by atoms with Crippen molar-refractivity contribution in [1.82, 2.24) is 10.2 Å². The first-order valence-corrected chi connectivity index (χ1v) is 8.85. The van der Waals surface area contributed by atoms with E-state index in [9.17, 15) is 4.79 Å². The number of anilines is 1. The number of amides is 1. The molecule has 0 atom stereocenters. The molecule has 1 aromatic heterocycles. The first-order chi connectivity index (χ1) is 10.0. The number of hydrogen-bond donors (Lipinski definition) is 1. The molecule has 0 saturated carbocycles. The summed E-state index contributed by atoms with van der Waals surface area (Å²) in [6.45, 7) is 4.10. The molecule has 4 nitrogen and oxygen atoms in total. The highest BCUT2D eigenvalue weighted by Gasteiger charge is 2.10. The van der Waals surface area contributed by atoms with E-state index in [0.29, 0.717) is 21.8 Å². The number of carbonyl (C=O) groups is 1. The molecule has 0 unspecified atom stereocenters. The number of carbonyl (C=O) groups excluding carboxylic acids is 1. The van der Waals surface area contributed by atoms with Crippen LogP contribution in [0.15, 0.2) is 24.3 Å². The van der Waals surface area contributed by atoms with Crippen LogP contribution in [0.3, 0.4) is 0 Å². The maximum Gasteiger partial charge on any atom is 0.236 e. The third kappa shape index (κ3) is 5.30. The van der Waals surface area contributed by atoms with Gasteiger partial charge in [0.2, 0.25) is 11.0 Å². The zero-order valence-corrected chi connectivity index (χ0v) is 14.2. The van der Waals surface area contributed by atoms with E-state index in [4.69, 9.17) is 11.6 Å². The second-order valence-corrected chi connectivity index (χ2v) is 7.20. The molecule has 2 aromatic rings. The fraction of sp³-hybridized carbons (Fsp3) is 0.357. The van der Waals surface area contributed by atoms with Gasteiger partial charge in [-0.3, -0.25) is 10.1 Å². The normalized spacial score (nSPS) is 10.9. The zero-order chi connectivity index (χ0) is 15.2. The van der Waals surface area contributed by atoms with E-state index in [1.807, 2.05) is 38.1 Å². The van der Waals surface area contributed by atoms with Gasteiger partial charge in [-0.25, -0.2) is 0 Å².